The Hall–Kier alpha value is -1.30. The first-order valence-electron chi connectivity index (χ1n) is 5.14. The van der Waals surface area contributed by atoms with Crippen molar-refractivity contribution in [3.63, 3.8) is 0 Å². The Labute approximate surface area is 87.0 Å². The lowest BCUT2D eigenvalue weighted by Gasteiger charge is -2.07. The second kappa shape index (κ2) is 5.43. The van der Waals surface area contributed by atoms with Crippen LogP contribution in [-0.4, -0.2) is 0 Å². The molecule has 0 atom stereocenters. The normalized spacial score (nSPS) is 9.79. The molecule has 0 saturated carbocycles. The highest BCUT2D eigenvalue weighted by Crippen LogP contribution is 2.14. The van der Waals surface area contributed by atoms with Gasteiger partial charge in [0.05, 0.1) is 0 Å². The third kappa shape index (κ3) is 2.59. The smallest absolute Gasteiger partial charge is 0.00972 e. The van der Waals surface area contributed by atoms with E-state index in [1.54, 1.807) is 0 Å². The van der Waals surface area contributed by atoms with Gasteiger partial charge in [-0.3, -0.25) is 0 Å². The van der Waals surface area contributed by atoms with E-state index >= 15 is 0 Å². The minimum absolute atomic E-state index is 0.952. The topological polar surface area (TPSA) is 0 Å². The summed E-state index contributed by atoms with van der Waals surface area (Å²) < 4.78 is 0. The molecular weight excluding hydrogens is 168 g/mol. The standard InChI is InChI=1S/C14H18/c1-4-7-13-10-9-12(6-3)11-14(13)8-5-2/h4-5,9-11H,1-2,6-8H2,3H3. The number of aryl methyl sites for hydroxylation is 1. The molecule has 0 radical (unpaired) electrons. The molecule has 1 aromatic rings. The average molecular weight is 186 g/mol. The molecule has 0 saturated heterocycles. The van der Waals surface area contributed by atoms with Crippen molar-refractivity contribution < 1.29 is 0 Å². The van der Waals surface area contributed by atoms with Gasteiger partial charge in [-0.2, -0.15) is 0 Å². The monoisotopic (exact) mass is 186 g/mol. The summed E-state index contributed by atoms with van der Waals surface area (Å²) in [5.74, 6) is 0. The molecule has 74 valence electrons. The van der Waals surface area contributed by atoms with Crippen molar-refractivity contribution in [2.24, 2.45) is 0 Å². The largest absolute Gasteiger partial charge is 0.103 e. The molecule has 0 bridgehead atoms. The van der Waals surface area contributed by atoms with Crippen molar-refractivity contribution in [2.45, 2.75) is 26.2 Å². The van der Waals surface area contributed by atoms with E-state index < -0.39 is 0 Å². The van der Waals surface area contributed by atoms with Crippen LogP contribution in [0.15, 0.2) is 43.5 Å². The van der Waals surface area contributed by atoms with Crippen molar-refractivity contribution in [1.29, 1.82) is 0 Å². The Bertz CT molecular complexity index is 321. The lowest BCUT2D eigenvalue weighted by atomic mass is 9.98. The zero-order valence-corrected chi connectivity index (χ0v) is 8.92. The average Bonchev–Trinajstić information content (AvgIpc) is 2.21. The summed E-state index contributed by atoms with van der Waals surface area (Å²) in [4.78, 5) is 0. The minimum atomic E-state index is 0.952. The van der Waals surface area contributed by atoms with Crippen LogP contribution in [0.25, 0.3) is 0 Å². The first-order chi connectivity index (χ1) is 6.81. The van der Waals surface area contributed by atoms with Gasteiger partial charge >= 0.3 is 0 Å². The van der Waals surface area contributed by atoms with Gasteiger partial charge in [-0.1, -0.05) is 37.3 Å². The van der Waals surface area contributed by atoms with E-state index in [0.29, 0.717) is 0 Å². The SMILES string of the molecule is C=CCc1ccc(CC)cc1CC=C. The van der Waals surface area contributed by atoms with Gasteiger partial charge in [0.15, 0.2) is 0 Å². The van der Waals surface area contributed by atoms with Gasteiger partial charge in [-0.05, 0) is 36.0 Å². The maximum Gasteiger partial charge on any atom is -0.00972 e. The summed E-state index contributed by atoms with van der Waals surface area (Å²) in [7, 11) is 0. The highest BCUT2D eigenvalue weighted by molar-refractivity contribution is 5.34. The first kappa shape index (κ1) is 10.8. The minimum Gasteiger partial charge on any atom is -0.103 e. The lowest BCUT2D eigenvalue weighted by Crippen LogP contribution is -1.93. The summed E-state index contributed by atoms with van der Waals surface area (Å²) in [5, 5.41) is 0. The molecule has 14 heavy (non-hydrogen) atoms. The summed E-state index contributed by atoms with van der Waals surface area (Å²) in [6.45, 7) is 9.74. The molecule has 0 aliphatic rings. The fourth-order valence-electron chi connectivity index (χ4n) is 1.60. The fourth-order valence-corrected chi connectivity index (χ4v) is 1.60. The molecule has 1 rings (SSSR count). The van der Waals surface area contributed by atoms with Crippen molar-refractivity contribution in [2.75, 3.05) is 0 Å². The molecule has 0 amide bonds. The van der Waals surface area contributed by atoms with Gasteiger partial charge in [-0.15, -0.1) is 13.2 Å². The number of benzene rings is 1. The predicted molar refractivity (Wildman–Crippen MR) is 63.6 cm³/mol. The third-order valence-corrected chi connectivity index (χ3v) is 2.41. The molecule has 0 aliphatic heterocycles. The fraction of sp³-hybridized carbons (Fsp3) is 0.286. The van der Waals surface area contributed by atoms with E-state index in [4.69, 9.17) is 0 Å². The van der Waals surface area contributed by atoms with E-state index in [1.165, 1.54) is 16.7 Å². The van der Waals surface area contributed by atoms with Crippen molar-refractivity contribution in [1.82, 2.24) is 0 Å². The Balaban J connectivity index is 3.02. The van der Waals surface area contributed by atoms with Gasteiger partial charge < -0.3 is 0 Å². The highest BCUT2D eigenvalue weighted by Gasteiger charge is 2.00. The van der Waals surface area contributed by atoms with E-state index in [-0.39, 0.29) is 0 Å². The zero-order chi connectivity index (χ0) is 10.4. The first-order valence-corrected chi connectivity index (χ1v) is 5.14. The Kier molecular flexibility index (Phi) is 4.18. The van der Waals surface area contributed by atoms with E-state index in [1.807, 2.05) is 12.2 Å². The Morgan fingerprint density at radius 1 is 1.07 bits per heavy atom. The predicted octanol–water partition coefficient (Wildman–Crippen LogP) is 3.71. The number of allylic oxidation sites excluding steroid dienone is 2. The van der Waals surface area contributed by atoms with Crippen molar-refractivity contribution in [3.8, 4) is 0 Å². The van der Waals surface area contributed by atoms with Crippen LogP contribution in [0.2, 0.25) is 0 Å². The highest BCUT2D eigenvalue weighted by atomic mass is 14.1. The van der Waals surface area contributed by atoms with Crippen LogP contribution in [0.1, 0.15) is 23.6 Å². The number of hydrogen-bond acceptors (Lipinski definition) is 0. The molecule has 0 aromatic heterocycles. The molecule has 0 aliphatic carbocycles. The summed E-state index contributed by atoms with van der Waals surface area (Å²) >= 11 is 0. The number of hydrogen-bond donors (Lipinski definition) is 0. The quantitative estimate of drug-likeness (QED) is 0.615. The molecular formula is C14H18. The Morgan fingerprint density at radius 2 is 1.71 bits per heavy atom. The number of rotatable bonds is 5. The lowest BCUT2D eigenvalue weighted by molar-refractivity contribution is 1.09. The van der Waals surface area contributed by atoms with E-state index in [9.17, 15) is 0 Å². The zero-order valence-electron chi connectivity index (χ0n) is 8.92. The molecule has 0 fully saturated rings. The maximum atomic E-state index is 3.79. The van der Waals surface area contributed by atoms with Gasteiger partial charge in [-0.25, -0.2) is 0 Å². The van der Waals surface area contributed by atoms with Crippen LogP contribution < -0.4 is 0 Å². The Morgan fingerprint density at radius 3 is 2.29 bits per heavy atom. The van der Waals surface area contributed by atoms with Gasteiger partial charge in [0, 0.05) is 0 Å². The van der Waals surface area contributed by atoms with Crippen molar-refractivity contribution >= 4 is 0 Å². The van der Waals surface area contributed by atoms with Crippen molar-refractivity contribution in [3.05, 3.63) is 60.2 Å². The molecule has 1 aromatic carbocycles. The van der Waals surface area contributed by atoms with Crippen LogP contribution in [-0.2, 0) is 19.3 Å². The summed E-state index contributed by atoms with van der Waals surface area (Å²) in [6, 6.07) is 6.69. The van der Waals surface area contributed by atoms with Crippen LogP contribution in [0.3, 0.4) is 0 Å². The summed E-state index contributed by atoms with van der Waals surface area (Å²) in [5.41, 5.74) is 4.16. The van der Waals surface area contributed by atoms with E-state index in [2.05, 4.69) is 38.3 Å². The van der Waals surface area contributed by atoms with Crippen LogP contribution in [0.5, 0.6) is 0 Å². The van der Waals surface area contributed by atoms with Gasteiger partial charge in [0.2, 0.25) is 0 Å². The molecule has 0 spiro atoms. The molecule has 0 heterocycles. The second-order valence-electron chi connectivity index (χ2n) is 3.44. The van der Waals surface area contributed by atoms with Gasteiger partial charge in [0.25, 0.3) is 0 Å². The molecule has 0 heteroatoms. The van der Waals surface area contributed by atoms with E-state index in [0.717, 1.165) is 19.3 Å². The van der Waals surface area contributed by atoms with Crippen LogP contribution in [0.4, 0.5) is 0 Å². The van der Waals surface area contributed by atoms with Gasteiger partial charge in [0.1, 0.15) is 0 Å². The van der Waals surface area contributed by atoms with Crippen LogP contribution in [0, 0.1) is 0 Å². The second-order valence-corrected chi connectivity index (χ2v) is 3.44. The molecule has 0 nitrogen and oxygen atoms in total. The maximum absolute atomic E-state index is 3.79. The third-order valence-electron chi connectivity index (χ3n) is 2.41. The molecule has 0 N–H and O–H groups in total. The molecule has 0 unspecified atom stereocenters. The van der Waals surface area contributed by atoms with Crippen LogP contribution >= 0.6 is 0 Å². The summed E-state index contributed by atoms with van der Waals surface area (Å²) in [6.07, 6.45) is 6.91.